The van der Waals surface area contributed by atoms with E-state index in [1.807, 2.05) is 0 Å². The van der Waals surface area contributed by atoms with Crippen LogP contribution in [-0.2, 0) is 0 Å². The van der Waals surface area contributed by atoms with Gasteiger partial charge < -0.3 is 0 Å². The van der Waals surface area contributed by atoms with Gasteiger partial charge in [0.1, 0.15) is 0 Å². The molecule has 2 rings (SSSR count). The van der Waals surface area contributed by atoms with E-state index < -0.39 is 0 Å². The van der Waals surface area contributed by atoms with Crippen LogP contribution >= 0.6 is 23.5 Å². The average molecular weight is 206 g/mol. The number of benzene rings is 1. The molecule has 0 bridgehead atoms. The Morgan fingerprint density at radius 2 is 2.00 bits per heavy atom. The molecule has 0 radical (unpaired) electrons. The van der Waals surface area contributed by atoms with Crippen LogP contribution in [0.25, 0.3) is 4.91 Å². The van der Waals surface area contributed by atoms with Crippen molar-refractivity contribution in [1.82, 2.24) is 0 Å². The van der Waals surface area contributed by atoms with Gasteiger partial charge in [0.25, 0.3) is 0 Å². The molecule has 0 spiro atoms. The Bertz CT molecular complexity index is 377. The normalized spacial score (nSPS) is 16.1. The lowest BCUT2D eigenvalue weighted by atomic mass is 10.2. The van der Waals surface area contributed by atoms with Crippen molar-refractivity contribution >= 4 is 28.4 Å². The van der Waals surface area contributed by atoms with Crippen molar-refractivity contribution in [2.45, 2.75) is 11.8 Å². The summed E-state index contributed by atoms with van der Waals surface area (Å²) in [5.74, 6) is 0. The summed E-state index contributed by atoms with van der Waals surface area (Å²) in [5, 5.41) is 2.18. The second kappa shape index (κ2) is 3.64. The third-order valence-corrected chi connectivity index (χ3v) is 3.96. The van der Waals surface area contributed by atoms with E-state index in [4.69, 9.17) is 0 Å². The molecule has 0 unspecified atom stereocenters. The third-order valence-electron chi connectivity index (χ3n) is 1.82. The molecule has 66 valence electrons. The molecule has 0 saturated heterocycles. The van der Waals surface area contributed by atoms with Gasteiger partial charge in [0.05, 0.1) is 0 Å². The fraction of sp³-hybridized carbons (Fsp3) is 0.0909. The van der Waals surface area contributed by atoms with Gasteiger partial charge >= 0.3 is 0 Å². The molecule has 1 aromatic rings. The Morgan fingerprint density at radius 1 is 1.23 bits per heavy atom. The Morgan fingerprint density at radius 3 is 2.85 bits per heavy atom. The van der Waals surface area contributed by atoms with Crippen molar-refractivity contribution < 1.29 is 0 Å². The summed E-state index contributed by atoms with van der Waals surface area (Å²) in [6.45, 7) is 6.19. The number of rotatable bonds is 0. The van der Waals surface area contributed by atoms with Gasteiger partial charge in [-0.25, -0.2) is 0 Å². The Labute approximate surface area is 87.1 Å². The summed E-state index contributed by atoms with van der Waals surface area (Å²) in [6, 6.07) is 8.40. The van der Waals surface area contributed by atoms with Crippen LogP contribution in [-0.4, -0.2) is 0 Å². The third kappa shape index (κ3) is 1.84. The molecule has 1 aliphatic rings. The van der Waals surface area contributed by atoms with Gasteiger partial charge in [-0.1, -0.05) is 48.3 Å². The van der Waals surface area contributed by atoms with Crippen LogP contribution in [0.2, 0.25) is 0 Å². The lowest BCUT2D eigenvalue weighted by molar-refractivity contribution is 1.43. The van der Waals surface area contributed by atoms with E-state index in [0.29, 0.717) is 0 Å². The smallest absolute Gasteiger partial charge is 0.0200 e. The first kappa shape index (κ1) is 8.97. The molecular formula is C11H10S2. The van der Waals surface area contributed by atoms with Crippen LogP contribution in [0.5, 0.6) is 0 Å². The molecule has 1 heterocycles. The maximum Gasteiger partial charge on any atom is 0.0200 e. The van der Waals surface area contributed by atoms with Gasteiger partial charge in [-0.05, 0) is 23.3 Å². The Balaban J connectivity index is 2.49. The van der Waals surface area contributed by atoms with E-state index >= 15 is 0 Å². The maximum absolute atomic E-state index is 4.07. The molecule has 2 heteroatoms. The SMILES string of the molecule is C=C1SC(C)=CSc2ccccc21. The van der Waals surface area contributed by atoms with E-state index in [-0.39, 0.29) is 0 Å². The summed E-state index contributed by atoms with van der Waals surface area (Å²) in [7, 11) is 0. The van der Waals surface area contributed by atoms with Gasteiger partial charge in [0, 0.05) is 15.4 Å². The van der Waals surface area contributed by atoms with Crippen molar-refractivity contribution in [3.63, 3.8) is 0 Å². The molecule has 0 nitrogen and oxygen atoms in total. The lowest BCUT2D eigenvalue weighted by Gasteiger charge is -2.04. The maximum atomic E-state index is 4.07. The first-order chi connectivity index (χ1) is 6.27. The van der Waals surface area contributed by atoms with Crippen LogP contribution in [0.4, 0.5) is 0 Å². The Kier molecular flexibility index (Phi) is 2.51. The summed E-state index contributed by atoms with van der Waals surface area (Å²) in [4.78, 5) is 3.76. The fourth-order valence-corrected chi connectivity index (χ4v) is 3.07. The summed E-state index contributed by atoms with van der Waals surface area (Å²) < 4.78 is 0. The van der Waals surface area contributed by atoms with Crippen molar-refractivity contribution in [3.8, 4) is 0 Å². The zero-order valence-corrected chi connectivity index (χ0v) is 9.04. The highest BCUT2D eigenvalue weighted by atomic mass is 32.2. The monoisotopic (exact) mass is 206 g/mol. The first-order valence-corrected chi connectivity index (χ1v) is 5.76. The van der Waals surface area contributed by atoms with Crippen LogP contribution < -0.4 is 0 Å². The molecule has 0 saturated carbocycles. The molecule has 0 aliphatic carbocycles. The van der Waals surface area contributed by atoms with E-state index in [1.165, 1.54) is 15.4 Å². The lowest BCUT2D eigenvalue weighted by Crippen LogP contribution is -1.79. The van der Waals surface area contributed by atoms with Gasteiger partial charge in [-0.2, -0.15) is 0 Å². The minimum absolute atomic E-state index is 1.15. The van der Waals surface area contributed by atoms with E-state index in [2.05, 4.69) is 43.2 Å². The van der Waals surface area contributed by atoms with Gasteiger partial charge in [0.15, 0.2) is 0 Å². The van der Waals surface area contributed by atoms with E-state index in [9.17, 15) is 0 Å². The minimum atomic E-state index is 1.15. The van der Waals surface area contributed by atoms with Crippen LogP contribution in [0.15, 0.2) is 46.1 Å². The number of allylic oxidation sites excluding steroid dienone is 1. The largest absolute Gasteiger partial charge is 0.0966 e. The summed E-state index contributed by atoms with van der Waals surface area (Å²) in [6.07, 6.45) is 0. The Hall–Kier alpha value is -0.600. The van der Waals surface area contributed by atoms with Crippen LogP contribution in [0, 0.1) is 0 Å². The number of hydrogen-bond acceptors (Lipinski definition) is 2. The predicted octanol–water partition coefficient (Wildman–Crippen LogP) is 4.36. The zero-order valence-electron chi connectivity index (χ0n) is 7.41. The van der Waals surface area contributed by atoms with Gasteiger partial charge in [0.2, 0.25) is 0 Å². The topological polar surface area (TPSA) is 0 Å². The summed E-state index contributed by atoms with van der Waals surface area (Å²) >= 11 is 3.53. The van der Waals surface area contributed by atoms with E-state index in [1.54, 1.807) is 23.5 Å². The molecule has 1 aromatic carbocycles. The fourth-order valence-electron chi connectivity index (χ4n) is 1.22. The standard InChI is InChI=1S/C11H10S2/c1-8-7-12-11-6-4-3-5-10(11)9(2)13-8/h3-7H,2H2,1H3. The molecular weight excluding hydrogens is 196 g/mol. The second-order valence-corrected chi connectivity index (χ2v) is 5.12. The second-order valence-electron chi connectivity index (χ2n) is 2.87. The number of thioether (sulfide) groups is 2. The zero-order chi connectivity index (χ0) is 9.26. The highest BCUT2D eigenvalue weighted by Gasteiger charge is 2.10. The van der Waals surface area contributed by atoms with Crippen LogP contribution in [0.3, 0.4) is 0 Å². The van der Waals surface area contributed by atoms with Crippen molar-refractivity contribution in [1.29, 1.82) is 0 Å². The minimum Gasteiger partial charge on any atom is -0.0966 e. The predicted molar refractivity (Wildman–Crippen MR) is 62.7 cm³/mol. The average Bonchev–Trinajstić information content (AvgIpc) is 2.27. The highest BCUT2D eigenvalue weighted by Crippen LogP contribution is 2.42. The molecule has 0 N–H and O–H groups in total. The number of hydrogen-bond donors (Lipinski definition) is 0. The molecule has 0 fully saturated rings. The van der Waals surface area contributed by atoms with E-state index in [0.717, 1.165) is 4.91 Å². The highest BCUT2D eigenvalue weighted by molar-refractivity contribution is 8.13. The van der Waals surface area contributed by atoms with Crippen molar-refractivity contribution in [3.05, 3.63) is 46.7 Å². The molecule has 1 aliphatic heterocycles. The van der Waals surface area contributed by atoms with Crippen molar-refractivity contribution in [2.24, 2.45) is 0 Å². The molecule has 13 heavy (non-hydrogen) atoms. The van der Waals surface area contributed by atoms with Gasteiger partial charge in [-0.3, -0.25) is 0 Å². The van der Waals surface area contributed by atoms with Crippen molar-refractivity contribution in [2.75, 3.05) is 0 Å². The first-order valence-electron chi connectivity index (χ1n) is 4.07. The summed E-state index contributed by atoms with van der Waals surface area (Å²) in [5.41, 5.74) is 1.27. The quantitative estimate of drug-likeness (QED) is 0.618. The van der Waals surface area contributed by atoms with Crippen LogP contribution in [0.1, 0.15) is 12.5 Å². The molecule has 0 aromatic heterocycles. The molecule has 0 amide bonds. The number of fused-ring (bicyclic) bond motifs is 1. The molecule has 0 atom stereocenters. The van der Waals surface area contributed by atoms with Gasteiger partial charge in [-0.15, -0.1) is 0 Å².